The topological polar surface area (TPSA) is 419 Å². The van der Waals surface area contributed by atoms with E-state index in [1.165, 1.54) is 24.3 Å². The van der Waals surface area contributed by atoms with Crippen molar-refractivity contribution < 1.29 is 54.3 Å². The lowest BCUT2D eigenvalue weighted by atomic mass is 10.1. The zero-order valence-corrected chi connectivity index (χ0v) is 28.8. The number of aliphatic imine (C=N–C) groups is 2. The van der Waals surface area contributed by atoms with Crippen molar-refractivity contribution in [3.05, 3.63) is 29.8 Å². The molecule has 1 aromatic rings. The lowest BCUT2D eigenvalue weighted by Crippen LogP contribution is -2.61. The summed E-state index contributed by atoms with van der Waals surface area (Å²) in [5.41, 5.74) is 27.6. The maximum absolute atomic E-state index is 13.2. The molecular weight excluding hydrogens is 704 g/mol. The number of aliphatic hydroxyl groups is 3. The number of hydrogen-bond donors (Lipinski definition) is 15. The summed E-state index contributed by atoms with van der Waals surface area (Å²) in [7, 11) is 0. The molecule has 0 saturated carbocycles. The quantitative estimate of drug-likeness (QED) is 0.0265. The predicted octanol–water partition coefficient (Wildman–Crippen LogP) is -7.15. The molecule has 5 amide bonds. The molecule has 0 saturated heterocycles. The van der Waals surface area contributed by atoms with Crippen molar-refractivity contribution in [2.45, 2.75) is 68.4 Å². The molecule has 0 unspecified atom stereocenters. The molecule has 296 valence electrons. The molecule has 0 bridgehead atoms. The number of guanidine groups is 2. The summed E-state index contributed by atoms with van der Waals surface area (Å²) in [6.07, 6.45) is 0.413. The number of nitrogens with zero attached hydrogens (tertiary/aromatic N) is 2. The first-order chi connectivity index (χ1) is 25.0. The van der Waals surface area contributed by atoms with Gasteiger partial charge in [0.15, 0.2) is 11.9 Å². The molecule has 0 aliphatic heterocycles. The second kappa shape index (κ2) is 23.6. The summed E-state index contributed by atoms with van der Waals surface area (Å²) >= 11 is 0. The van der Waals surface area contributed by atoms with E-state index in [-0.39, 0.29) is 56.4 Å². The van der Waals surface area contributed by atoms with Crippen LogP contribution in [-0.4, -0.2) is 142 Å². The fourth-order valence-corrected chi connectivity index (χ4v) is 4.44. The number of aliphatic carboxylic acids is 1. The van der Waals surface area contributed by atoms with Gasteiger partial charge in [-0.2, -0.15) is 0 Å². The van der Waals surface area contributed by atoms with Gasteiger partial charge in [0.1, 0.15) is 36.0 Å². The number of benzene rings is 1. The molecule has 0 heterocycles. The monoisotopic (exact) mass is 754 g/mol. The standard InChI is InChI=1S/C30H50N12O11/c31-17(3-1-9-36-29(32)33)23(47)38-18(4-2-10-37-30(34)35)24(48)40-21(13-44)26(50)42-22(14-45)27(51)41-20(12-43)25(49)39-19(28(52)53)11-15-5-7-16(46)8-6-15/h5-8,17-22,43-46H,1-4,9-14,31H2,(H,38,47)(H,39,49)(H,40,48)(H,41,51)(H,42,50)(H,52,53)(H4,32,33,36)(H4,34,35,37)/t17-,18-,19-,20-,21-,22-/m0/s1. The summed E-state index contributed by atoms with van der Waals surface area (Å²) in [6.45, 7) is -2.79. The third-order valence-electron chi connectivity index (χ3n) is 7.32. The van der Waals surface area contributed by atoms with Crippen LogP contribution in [0.2, 0.25) is 0 Å². The van der Waals surface area contributed by atoms with E-state index in [0.29, 0.717) is 12.0 Å². The van der Waals surface area contributed by atoms with E-state index >= 15 is 0 Å². The maximum Gasteiger partial charge on any atom is 0.326 e. The number of nitrogens with one attached hydrogen (secondary N) is 5. The molecule has 0 aliphatic carbocycles. The molecule has 0 fully saturated rings. The molecule has 1 rings (SSSR count). The van der Waals surface area contributed by atoms with Crippen LogP contribution in [0.25, 0.3) is 0 Å². The first kappa shape index (κ1) is 45.2. The van der Waals surface area contributed by atoms with Crippen LogP contribution in [0.5, 0.6) is 5.75 Å². The Balaban J connectivity index is 2.95. The molecule has 1 aromatic carbocycles. The first-order valence-electron chi connectivity index (χ1n) is 16.2. The number of carboxylic acids is 1. The van der Waals surface area contributed by atoms with E-state index in [1.807, 2.05) is 0 Å². The Morgan fingerprint density at radius 1 is 0.585 bits per heavy atom. The number of carbonyl (C=O) groups is 6. The molecule has 0 spiro atoms. The van der Waals surface area contributed by atoms with Gasteiger partial charge in [0.2, 0.25) is 29.5 Å². The second-order valence-electron chi connectivity index (χ2n) is 11.6. The van der Waals surface area contributed by atoms with Gasteiger partial charge >= 0.3 is 5.97 Å². The number of aromatic hydroxyl groups is 1. The summed E-state index contributed by atoms with van der Waals surface area (Å²) < 4.78 is 0. The molecule has 23 heteroatoms. The normalized spacial score (nSPS) is 14.1. The van der Waals surface area contributed by atoms with Crippen molar-refractivity contribution in [1.82, 2.24) is 26.6 Å². The summed E-state index contributed by atoms with van der Waals surface area (Å²) in [4.78, 5) is 84.0. The molecule has 0 aromatic heterocycles. The molecule has 53 heavy (non-hydrogen) atoms. The van der Waals surface area contributed by atoms with Crippen molar-refractivity contribution >= 4 is 47.4 Å². The molecular formula is C30H50N12O11. The number of aliphatic hydroxyl groups excluding tert-OH is 3. The van der Waals surface area contributed by atoms with Gasteiger partial charge in [0, 0.05) is 19.5 Å². The number of carboxylic acid groups (broad SMARTS) is 1. The number of nitrogens with two attached hydrogens (primary N) is 5. The minimum Gasteiger partial charge on any atom is -0.508 e. The lowest BCUT2D eigenvalue weighted by Gasteiger charge is -2.25. The van der Waals surface area contributed by atoms with E-state index in [9.17, 15) is 54.3 Å². The largest absolute Gasteiger partial charge is 0.508 e. The van der Waals surface area contributed by atoms with Gasteiger partial charge in [0.25, 0.3) is 0 Å². The van der Waals surface area contributed by atoms with Crippen molar-refractivity contribution in [3.63, 3.8) is 0 Å². The highest BCUT2D eigenvalue weighted by molar-refractivity contribution is 5.96. The Kier molecular flexibility index (Phi) is 20.2. The highest BCUT2D eigenvalue weighted by atomic mass is 16.4. The van der Waals surface area contributed by atoms with Gasteiger partial charge in [-0.1, -0.05) is 12.1 Å². The molecule has 23 nitrogen and oxygen atoms in total. The first-order valence-corrected chi connectivity index (χ1v) is 16.2. The Bertz CT molecular complexity index is 1440. The summed E-state index contributed by atoms with van der Waals surface area (Å²) in [5, 5.41) is 59.5. The number of phenols is 1. The fraction of sp³-hybridized carbons (Fsp3) is 0.533. The van der Waals surface area contributed by atoms with Crippen LogP contribution < -0.4 is 55.3 Å². The van der Waals surface area contributed by atoms with Crippen LogP contribution in [0.3, 0.4) is 0 Å². The van der Waals surface area contributed by atoms with Crippen molar-refractivity contribution in [2.24, 2.45) is 38.7 Å². The molecule has 0 aliphatic rings. The highest BCUT2D eigenvalue weighted by Crippen LogP contribution is 2.12. The minimum absolute atomic E-state index is 0.0429. The highest BCUT2D eigenvalue weighted by Gasteiger charge is 2.32. The SMILES string of the molecule is NC(N)=NCCC[C@H](NC(=O)[C@@H](N)CCCN=C(N)N)C(=O)N[C@@H](CO)C(=O)N[C@@H](CO)C(=O)N[C@@H](CO)C(=O)N[C@@H](Cc1ccc(O)cc1)C(=O)O. The third-order valence-corrected chi connectivity index (χ3v) is 7.32. The van der Waals surface area contributed by atoms with E-state index in [2.05, 4.69) is 36.6 Å². The van der Waals surface area contributed by atoms with Gasteiger partial charge in [-0.15, -0.1) is 0 Å². The van der Waals surface area contributed by atoms with E-state index in [0.717, 1.165) is 0 Å². The maximum atomic E-state index is 13.2. The van der Waals surface area contributed by atoms with E-state index < -0.39 is 91.6 Å². The average molecular weight is 755 g/mol. The number of amides is 5. The number of rotatable bonds is 24. The second-order valence-corrected chi connectivity index (χ2v) is 11.6. The van der Waals surface area contributed by atoms with Gasteiger partial charge < -0.3 is 80.8 Å². The van der Waals surface area contributed by atoms with Crippen molar-refractivity contribution in [2.75, 3.05) is 32.9 Å². The van der Waals surface area contributed by atoms with E-state index in [1.54, 1.807) is 0 Å². The number of phenolic OH excluding ortho intramolecular Hbond substituents is 1. The molecule has 0 radical (unpaired) electrons. The average Bonchev–Trinajstić information content (AvgIpc) is 3.11. The number of carbonyl (C=O) groups excluding carboxylic acids is 5. The van der Waals surface area contributed by atoms with E-state index in [4.69, 9.17) is 28.7 Å². The summed E-state index contributed by atoms with van der Waals surface area (Å²) in [5.74, 6) is -6.99. The Labute approximate surface area is 303 Å². The van der Waals surface area contributed by atoms with Gasteiger partial charge in [0.05, 0.1) is 25.9 Å². The van der Waals surface area contributed by atoms with Crippen LogP contribution in [0.15, 0.2) is 34.3 Å². The Morgan fingerprint density at radius 3 is 1.36 bits per heavy atom. The zero-order valence-electron chi connectivity index (χ0n) is 28.8. The summed E-state index contributed by atoms with van der Waals surface area (Å²) in [6, 6.07) is -3.62. The predicted molar refractivity (Wildman–Crippen MR) is 188 cm³/mol. The van der Waals surface area contributed by atoms with Crippen molar-refractivity contribution in [1.29, 1.82) is 0 Å². The lowest BCUT2D eigenvalue weighted by molar-refractivity contribution is -0.142. The number of hydrogen-bond acceptors (Lipinski definition) is 13. The smallest absolute Gasteiger partial charge is 0.326 e. The Hall–Kier alpha value is -5.78. The van der Waals surface area contributed by atoms with Crippen LogP contribution in [0.1, 0.15) is 31.2 Å². The van der Waals surface area contributed by atoms with Gasteiger partial charge in [-0.25, -0.2) is 4.79 Å². The van der Waals surface area contributed by atoms with Crippen LogP contribution in [0.4, 0.5) is 0 Å². The van der Waals surface area contributed by atoms with Gasteiger partial charge in [-0.3, -0.25) is 34.0 Å². The van der Waals surface area contributed by atoms with Crippen LogP contribution in [-0.2, 0) is 35.2 Å². The van der Waals surface area contributed by atoms with Crippen LogP contribution in [0, 0.1) is 0 Å². The zero-order chi connectivity index (χ0) is 40.1. The minimum atomic E-state index is -1.78. The fourth-order valence-electron chi connectivity index (χ4n) is 4.44. The van der Waals surface area contributed by atoms with Crippen molar-refractivity contribution in [3.8, 4) is 5.75 Å². The van der Waals surface area contributed by atoms with Crippen LogP contribution >= 0.6 is 0 Å². The molecule has 6 atom stereocenters. The molecule has 20 N–H and O–H groups in total. The third kappa shape index (κ3) is 17.3. The Morgan fingerprint density at radius 2 is 0.962 bits per heavy atom. The van der Waals surface area contributed by atoms with Gasteiger partial charge in [-0.05, 0) is 43.4 Å².